The van der Waals surface area contributed by atoms with E-state index in [0.29, 0.717) is 0 Å². The van der Waals surface area contributed by atoms with Gasteiger partial charge in [0, 0.05) is 52.8 Å². The van der Waals surface area contributed by atoms with Crippen LogP contribution < -0.4 is 10.2 Å². The molecule has 1 aromatic carbocycles. The number of urea groups is 2. The van der Waals surface area contributed by atoms with Crippen LogP contribution in [0, 0.1) is 17.2 Å². The molecule has 1 aromatic rings. The lowest BCUT2D eigenvalue weighted by Crippen LogP contribution is -2.61. The van der Waals surface area contributed by atoms with Gasteiger partial charge in [0.2, 0.25) is 0 Å². The second-order valence-electron chi connectivity index (χ2n) is 8.62. The molecule has 4 unspecified atom stereocenters. The number of hydrogen-bond donors (Lipinski definition) is 1. The number of amides is 4. The molecule has 4 amide bonds. The van der Waals surface area contributed by atoms with Gasteiger partial charge >= 0.3 is 18.2 Å². The number of nitrogens with zero attached hydrogens (tertiary/aromatic N) is 3. The van der Waals surface area contributed by atoms with Crippen molar-refractivity contribution >= 4 is 34.3 Å². The summed E-state index contributed by atoms with van der Waals surface area (Å²) in [6.07, 6.45) is -0.0142. The highest BCUT2D eigenvalue weighted by molar-refractivity contribution is 7.85. The number of imide groups is 1. The quantitative estimate of drug-likeness (QED) is 0.629. The Morgan fingerprint density at radius 3 is 2.62 bits per heavy atom. The number of anilines is 1. The average molecular weight is 533 g/mol. The molecule has 194 valence electrons. The van der Waals surface area contributed by atoms with E-state index in [4.69, 9.17) is 0 Å². The SMILES string of the molecule is CCS(=O)C1C=C(C#N)C=CC1C1C2=C(CCC2=O)N(c2cccc(C(F)(F)F)c2)C(=O)N1C(=O)NC. The summed E-state index contributed by atoms with van der Waals surface area (Å²) in [6.45, 7) is 1.69. The van der Waals surface area contributed by atoms with E-state index in [2.05, 4.69) is 5.32 Å². The second-order valence-corrected chi connectivity index (χ2v) is 10.5. The van der Waals surface area contributed by atoms with E-state index in [0.717, 1.165) is 28.0 Å². The average Bonchev–Trinajstić information content (AvgIpc) is 3.26. The maximum Gasteiger partial charge on any atom is 0.416 e. The van der Waals surface area contributed by atoms with Crippen molar-refractivity contribution in [2.75, 3.05) is 17.7 Å². The molecule has 4 atom stereocenters. The topological polar surface area (TPSA) is 111 Å². The van der Waals surface area contributed by atoms with Crippen LogP contribution in [0.3, 0.4) is 0 Å². The fourth-order valence-electron chi connectivity index (χ4n) is 4.96. The Morgan fingerprint density at radius 2 is 2.00 bits per heavy atom. The maximum absolute atomic E-state index is 13.9. The number of alkyl halides is 3. The van der Waals surface area contributed by atoms with Crippen LogP contribution >= 0.6 is 0 Å². The molecule has 37 heavy (non-hydrogen) atoms. The van der Waals surface area contributed by atoms with Crippen molar-refractivity contribution in [2.45, 2.75) is 37.2 Å². The fraction of sp³-hybridized carbons (Fsp3) is 0.360. The smallest absolute Gasteiger partial charge is 0.341 e. The van der Waals surface area contributed by atoms with Crippen LogP contribution in [0.2, 0.25) is 0 Å². The zero-order chi connectivity index (χ0) is 27.1. The number of ketones is 1. The van der Waals surface area contributed by atoms with Crippen molar-refractivity contribution in [1.29, 1.82) is 5.26 Å². The van der Waals surface area contributed by atoms with Crippen LogP contribution in [-0.4, -0.2) is 51.0 Å². The van der Waals surface area contributed by atoms with Crippen molar-refractivity contribution in [3.8, 4) is 6.07 Å². The van der Waals surface area contributed by atoms with E-state index in [9.17, 15) is 37.0 Å². The molecule has 1 heterocycles. The van der Waals surface area contributed by atoms with E-state index < -0.39 is 51.8 Å². The summed E-state index contributed by atoms with van der Waals surface area (Å²) in [5.74, 6) is -0.932. The van der Waals surface area contributed by atoms with Crippen molar-refractivity contribution in [1.82, 2.24) is 10.2 Å². The highest BCUT2D eigenvalue weighted by Crippen LogP contribution is 2.44. The molecule has 1 N–H and O–H groups in total. The Hall–Kier alpha value is -3.72. The Balaban J connectivity index is 1.93. The highest BCUT2D eigenvalue weighted by atomic mass is 32.2. The molecule has 0 bridgehead atoms. The number of allylic oxidation sites excluding steroid dienone is 3. The van der Waals surface area contributed by atoms with Gasteiger partial charge in [-0.3, -0.25) is 13.9 Å². The summed E-state index contributed by atoms with van der Waals surface area (Å²) in [5.41, 5.74) is -0.532. The Labute approximate surface area is 213 Å². The van der Waals surface area contributed by atoms with Gasteiger partial charge in [0.25, 0.3) is 0 Å². The van der Waals surface area contributed by atoms with E-state index in [-0.39, 0.29) is 46.9 Å². The van der Waals surface area contributed by atoms with Gasteiger partial charge in [-0.1, -0.05) is 25.1 Å². The fourth-order valence-corrected chi connectivity index (χ4v) is 6.23. The minimum atomic E-state index is -4.67. The van der Waals surface area contributed by atoms with Crippen molar-refractivity contribution in [2.24, 2.45) is 5.92 Å². The number of Topliss-reactive ketones (excluding diaryl/α,β-unsaturated/α-hetero) is 1. The number of rotatable bonds is 4. The molecular formula is C25H23F3N4O4S. The summed E-state index contributed by atoms with van der Waals surface area (Å²) < 4.78 is 53.3. The summed E-state index contributed by atoms with van der Waals surface area (Å²) in [5, 5.41) is 11.0. The van der Waals surface area contributed by atoms with Crippen LogP contribution in [0.4, 0.5) is 28.4 Å². The first kappa shape index (κ1) is 26.3. The van der Waals surface area contributed by atoms with E-state index >= 15 is 0 Å². The first-order valence-electron chi connectivity index (χ1n) is 11.5. The minimum absolute atomic E-state index is 0.00272. The third kappa shape index (κ3) is 4.59. The summed E-state index contributed by atoms with van der Waals surface area (Å²) >= 11 is 0. The molecule has 4 rings (SSSR count). The van der Waals surface area contributed by atoms with Gasteiger partial charge in [0.1, 0.15) is 0 Å². The largest absolute Gasteiger partial charge is 0.416 e. The first-order valence-corrected chi connectivity index (χ1v) is 12.9. The van der Waals surface area contributed by atoms with Crippen LogP contribution in [-0.2, 0) is 21.8 Å². The van der Waals surface area contributed by atoms with Crippen LogP contribution in [0.5, 0.6) is 0 Å². The lowest BCUT2D eigenvalue weighted by molar-refractivity contribution is -0.137. The molecule has 0 aromatic heterocycles. The van der Waals surface area contributed by atoms with Gasteiger partial charge in [-0.2, -0.15) is 18.4 Å². The molecular weight excluding hydrogens is 509 g/mol. The standard InChI is InChI=1S/C25H23F3N4O4S/c1-3-37(36)20-11-14(13-29)7-8-17(20)22-21-18(9-10-19(21)33)31(24(35)32(22)23(34)30-2)16-6-4-5-15(12-16)25(26,27)28/h4-8,11-12,17,20,22H,3,9-10H2,1-2H3,(H,30,34). The number of benzene rings is 1. The van der Waals surface area contributed by atoms with Gasteiger partial charge in [-0.05, 0) is 30.7 Å². The monoisotopic (exact) mass is 532 g/mol. The van der Waals surface area contributed by atoms with Crippen LogP contribution in [0.25, 0.3) is 0 Å². The van der Waals surface area contributed by atoms with Crippen molar-refractivity contribution < 1.29 is 31.8 Å². The zero-order valence-corrected chi connectivity index (χ0v) is 20.7. The van der Waals surface area contributed by atoms with Gasteiger partial charge < -0.3 is 5.32 Å². The normalized spacial score (nSPS) is 24.5. The molecule has 0 saturated heterocycles. The van der Waals surface area contributed by atoms with Gasteiger partial charge in [-0.15, -0.1) is 0 Å². The lowest BCUT2D eigenvalue weighted by Gasteiger charge is -2.44. The van der Waals surface area contributed by atoms with Crippen molar-refractivity contribution in [3.63, 3.8) is 0 Å². The van der Waals surface area contributed by atoms with Crippen LogP contribution in [0.15, 0.2) is 59.3 Å². The molecule has 1 aliphatic heterocycles. The predicted octanol–water partition coefficient (Wildman–Crippen LogP) is 4.05. The summed E-state index contributed by atoms with van der Waals surface area (Å²) in [7, 11) is -0.221. The summed E-state index contributed by atoms with van der Waals surface area (Å²) in [4.78, 5) is 41.9. The van der Waals surface area contributed by atoms with E-state index in [1.807, 2.05) is 6.07 Å². The van der Waals surface area contributed by atoms with Crippen molar-refractivity contribution in [3.05, 3.63) is 64.9 Å². The lowest BCUT2D eigenvalue weighted by atomic mass is 9.82. The van der Waals surface area contributed by atoms with Gasteiger partial charge in [0.15, 0.2) is 5.78 Å². The molecule has 3 aliphatic rings. The molecule has 2 aliphatic carbocycles. The van der Waals surface area contributed by atoms with E-state index in [1.165, 1.54) is 25.3 Å². The molecule has 0 radical (unpaired) electrons. The molecule has 0 saturated carbocycles. The molecule has 8 nitrogen and oxygen atoms in total. The van der Waals surface area contributed by atoms with Crippen LogP contribution in [0.1, 0.15) is 25.3 Å². The van der Waals surface area contributed by atoms with Gasteiger partial charge in [0.05, 0.1) is 28.6 Å². The number of hydrogen-bond acceptors (Lipinski definition) is 5. The summed E-state index contributed by atoms with van der Waals surface area (Å²) in [6, 6.07) is 3.15. The first-order chi connectivity index (χ1) is 17.5. The molecule has 0 fully saturated rings. The number of nitriles is 1. The number of carbonyl (C=O) groups is 3. The third-order valence-corrected chi connectivity index (χ3v) is 8.24. The zero-order valence-electron chi connectivity index (χ0n) is 19.9. The molecule has 12 heteroatoms. The number of halogens is 3. The Morgan fingerprint density at radius 1 is 1.27 bits per heavy atom. The minimum Gasteiger partial charge on any atom is -0.341 e. The van der Waals surface area contributed by atoms with E-state index in [1.54, 1.807) is 13.0 Å². The maximum atomic E-state index is 13.9. The predicted molar refractivity (Wildman–Crippen MR) is 129 cm³/mol. The Kier molecular flexibility index (Phi) is 7.10. The van der Waals surface area contributed by atoms with Gasteiger partial charge in [-0.25, -0.2) is 14.5 Å². The molecule has 0 spiro atoms. The Bertz CT molecular complexity index is 1330. The highest BCUT2D eigenvalue weighted by Gasteiger charge is 2.52. The third-order valence-electron chi connectivity index (χ3n) is 6.61. The number of carbonyl (C=O) groups excluding carboxylic acids is 3. The second kappa shape index (κ2) is 9.97. The number of nitrogens with one attached hydrogen (secondary N) is 1.